The number of rotatable bonds is 6. The molecule has 31 heavy (non-hydrogen) atoms. The summed E-state index contributed by atoms with van der Waals surface area (Å²) in [4.78, 5) is 15.4. The maximum Gasteiger partial charge on any atom is 0.251 e. The van der Waals surface area contributed by atoms with Crippen LogP contribution in [0.4, 0.5) is 0 Å². The highest BCUT2D eigenvalue weighted by Gasteiger charge is 2.20. The van der Waals surface area contributed by atoms with Crippen molar-refractivity contribution in [1.29, 1.82) is 0 Å². The van der Waals surface area contributed by atoms with Crippen LogP contribution in [0.2, 0.25) is 0 Å². The van der Waals surface area contributed by atoms with E-state index in [0.29, 0.717) is 5.56 Å². The molecule has 0 saturated carbocycles. The Hall–Kier alpha value is -3.10. The first kappa shape index (κ1) is 21.1. The number of nitrogens with one attached hydrogen (secondary N) is 1. The molecule has 3 aromatic rings. The van der Waals surface area contributed by atoms with Crippen molar-refractivity contribution in [3.8, 4) is 16.8 Å². The lowest BCUT2D eigenvalue weighted by Gasteiger charge is -2.31. The van der Waals surface area contributed by atoms with E-state index in [4.69, 9.17) is 0 Å². The first-order chi connectivity index (χ1) is 15.0. The number of aliphatic hydroxyl groups excluding tert-OH is 1. The van der Waals surface area contributed by atoms with Crippen LogP contribution in [0.3, 0.4) is 0 Å². The van der Waals surface area contributed by atoms with E-state index in [1.54, 1.807) is 10.7 Å². The van der Waals surface area contributed by atoms with Crippen molar-refractivity contribution in [2.75, 3.05) is 19.6 Å². The average Bonchev–Trinajstić information content (AvgIpc) is 3.30. The van der Waals surface area contributed by atoms with Gasteiger partial charge in [0, 0.05) is 31.2 Å². The van der Waals surface area contributed by atoms with Gasteiger partial charge in [-0.25, -0.2) is 4.68 Å². The molecule has 2 heterocycles. The fourth-order valence-electron chi connectivity index (χ4n) is 3.91. The van der Waals surface area contributed by atoms with Crippen LogP contribution in [-0.2, 0) is 0 Å². The highest BCUT2D eigenvalue weighted by atomic mass is 16.3. The van der Waals surface area contributed by atoms with Gasteiger partial charge in [0.05, 0.1) is 11.8 Å². The molecule has 8 nitrogen and oxygen atoms in total. The maximum absolute atomic E-state index is 13.1. The fourth-order valence-corrected chi connectivity index (χ4v) is 3.91. The van der Waals surface area contributed by atoms with Crippen LogP contribution in [0.5, 0.6) is 0 Å². The zero-order valence-corrected chi connectivity index (χ0v) is 17.9. The van der Waals surface area contributed by atoms with Crippen LogP contribution in [0.25, 0.3) is 16.8 Å². The summed E-state index contributed by atoms with van der Waals surface area (Å²) in [5.41, 5.74) is 4.41. The molecule has 1 saturated heterocycles. The molecule has 2 N–H and O–H groups in total. The lowest BCUT2D eigenvalue weighted by atomic mass is 10.0. The average molecular weight is 421 g/mol. The monoisotopic (exact) mass is 420 g/mol. The summed E-state index contributed by atoms with van der Waals surface area (Å²) in [6, 6.07) is 13.9. The van der Waals surface area contributed by atoms with Crippen molar-refractivity contribution in [2.45, 2.75) is 38.8 Å². The van der Waals surface area contributed by atoms with Gasteiger partial charge in [0.25, 0.3) is 5.91 Å². The summed E-state index contributed by atoms with van der Waals surface area (Å²) in [7, 11) is 0. The third kappa shape index (κ3) is 5.34. The minimum Gasteiger partial charge on any atom is -0.393 e. The molecular weight excluding hydrogens is 392 g/mol. The molecule has 1 fully saturated rings. The number of aliphatic hydroxyl groups is 1. The van der Waals surface area contributed by atoms with E-state index in [1.807, 2.05) is 38.1 Å². The number of piperidine rings is 1. The molecule has 0 spiro atoms. The molecule has 0 aliphatic carbocycles. The maximum atomic E-state index is 13.1. The fraction of sp³-hybridized carbons (Fsp3) is 0.391. The molecular formula is C23H28N6O2. The van der Waals surface area contributed by atoms with Crippen molar-refractivity contribution in [3.63, 3.8) is 0 Å². The Morgan fingerprint density at radius 3 is 2.58 bits per heavy atom. The first-order valence-corrected chi connectivity index (χ1v) is 10.6. The van der Waals surface area contributed by atoms with Gasteiger partial charge in [-0.2, -0.15) is 0 Å². The van der Waals surface area contributed by atoms with E-state index >= 15 is 0 Å². The van der Waals surface area contributed by atoms with Crippen LogP contribution < -0.4 is 5.32 Å². The highest BCUT2D eigenvalue weighted by molar-refractivity contribution is 5.96. The van der Waals surface area contributed by atoms with Gasteiger partial charge >= 0.3 is 0 Å². The Balaban J connectivity index is 1.54. The number of hydrogen-bond acceptors (Lipinski definition) is 6. The van der Waals surface area contributed by atoms with Crippen LogP contribution in [0, 0.1) is 6.92 Å². The zero-order valence-electron chi connectivity index (χ0n) is 17.9. The van der Waals surface area contributed by atoms with E-state index in [2.05, 4.69) is 37.9 Å². The van der Waals surface area contributed by atoms with Gasteiger partial charge in [0.2, 0.25) is 0 Å². The minimum absolute atomic E-state index is 0.0118. The van der Waals surface area contributed by atoms with E-state index in [-0.39, 0.29) is 18.1 Å². The highest BCUT2D eigenvalue weighted by Crippen LogP contribution is 2.24. The molecule has 1 aliphatic rings. The van der Waals surface area contributed by atoms with Gasteiger partial charge in [0.1, 0.15) is 6.33 Å². The first-order valence-electron chi connectivity index (χ1n) is 10.6. The van der Waals surface area contributed by atoms with Gasteiger partial charge < -0.3 is 15.3 Å². The summed E-state index contributed by atoms with van der Waals surface area (Å²) in [5, 5.41) is 24.2. The number of likely N-dealkylation sites (tertiary alicyclic amines) is 1. The summed E-state index contributed by atoms with van der Waals surface area (Å²) < 4.78 is 1.55. The van der Waals surface area contributed by atoms with E-state index < -0.39 is 0 Å². The Labute approximate surface area is 181 Å². The number of tetrazole rings is 1. The topological polar surface area (TPSA) is 96.2 Å². The molecule has 0 radical (unpaired) electrons. The molecule has 2 aromatic carbocycles. The van der Waals surface area contributed by atoms with Gasteiger partial charge in [-0.05, 0) is 66.4 Å². The van der Waals surface area contributed by atoms with Crippen molar-refractivity contribution in [2.24, 2.45) is 0 Å². The number of carbonyl (C=O) groups is 1. The minimum atomic E-state index is -0.199. The normalized spacial score (nSPS) is 16.2. The SMILES string of the molecule is Cc1ccc(-c2cc(C(=O)NC(C)CN3CCC(O)CC3)cc(-n3cnnn3)c2)cc1. The van der Waals surface area contributed by atoms with E-state index in [1.165, 1.54) is 11.9 Å². The predicted octanol–water partition coefficient (Wildman–Crippen LogP) is 2.21. The number of carbonyl (C=O) groups excluding carboxylic acids is 1. The quantitative estimate of drug-likeness (QED) is 0.635. The van der Waals surface area contributed by atoms with Gasteiger partial charge in [-0.1, -0.05) is 29.8 Å². The van der Waals surface area contributed by atoms with Crippen molar-refractivity contribution >= 4 is 5.91 Å². The van der Waals surface area contributed by atoms with Gasteiger partial charge in [-0.15, -0.1) is 5.10 Å². The van der Waals surface area contributed by atoms with Crippen molar-refractivity contribution in [3.05, 3.63) is 59.9 Å². The predicted molar refractivity (Wildman–Crippen MR) is 118 cm³/mol. The molecule has 8 heteroatoms. The lowest BCUT2D eigenvalue weighted by molar-refractivity contribution is 0.0753. The van der Waals surface area contributed by atoms with Crippen molar-refractivity contribution in [1.82, 2.24) is 30.4 Å². The number of amides is 1. The summed E-state index contributed by atoms with van der Waals surface area (Å²) in [6.07, 6.45) is 2.89. The molecule has 1 atom stereocenters. The second-order valence-corrected chi connectivity index (χ2v) is 8.30. The van der Waals surface area contributed by atoms with Crippen molar-refractivity contribution < 1.29 is 9.90 Å². The van der Waals surface area contributed by atoms with E-state index in [9.17, 15) is 9.90 Å². The number of hydrogen-bond donors (Lipinski definition) is 2. The van der Waals surface area contributed by atoms with Gasteiger partial charge in [0.15, 0.2) is 0 Å². The Bertz CT molecular complexity index is 1010. The summed E-state index contributed by atoms with van der Waals surface area (Å²) in [5.74, 6) is -0.132. The second-order valence-electron chi connectivity index (χ2n) is 8.30. The zero-order chi connectivity index (χ0) is 21.8. The Kier molecular flexibility index (Phi) is 6.39. The summed E-state index contributed by atoms with van der Waals surface area (Å²) >= 11 is 0. The van der Waals surface area contributed by atoms with E-state index in [0.717, 1.165) is 49.3 Å². The third-order valence-corrected chi connectivity index (χ3v) is 5.65. The van der Waals surface area contributed by atoms with Crippen LogP contribution in [0.1, 0.15) is 35.7 Å². The molecule has 4 rings (SSSR count). The lowest BCUT2D eigenvalue weighted by Crippen LogP contribution is -2.45. The second kappa shape index (κ2) is 9.36. The molecule has 1 unspecified atom stereocenters. The smallest absolute Gasteiger partial charge is 0.251 e. The Morgan fingerprint density at radius 2 is 1.90 bits per heavy atom. The number of nitrogens with zero attached hydrogens (tertiary/aromatic N) is 5. The molecule has 1 aromatic heterocycles. The largest absolute Gasteiger partial charge is 0.393 e. The van der Waals surface area contributed by atoms with Crippen LogP contribution in [-0.4, -0.2) is 67.9 Å². The van der Waals surface area contributed by atoms with Gasteiger partial charge in [-0.3, -0.25) is 4.79 Å². The molecule has 1 amide bonds. The molecule has 1 aliphatic heterocycles. The standard InChI is InChI=1S/C23H28N6O2/c1-16-3-5-18(6-4-16)19-11-20(13-21(12-19)29-15-24-26-27-29)23(31)25-17(2)14-28-9-7-22(30)8-10-28/h3-6,11-13,15,17,22,30H,7-10,14H2,1-2H3,(H,25,31). The number of aryl methyl sites for hydroxylation is 1. The van der Waals surface area contributed by atoms with Crippen LogP contribution in [0.15, 0.2) is 48.8 Å². The van der Waals surface area contributed by atoms with Crippen LogP contribution >= 0.6 is 0 Å². The Morgan fingerprint density at radius 1 is 1.16 bits per heavy atom. The summed E-state index contributed by atoms with van der Waals surface area (Å²) in [6.45, 7) is 6.52. The number of benzene rings is 2. The molecule has 0 bridgehead atoms. The molecule has 162 valence electrons. The number of aromatic nitrogens is 4. The third-order valence-electron chi connectivity index (χ3n) is 5.65.